The van der Waals surface area contributed by atoms with Crippen LogP contribution >= 0.6 is 0 Å². The standard InChI is InChI=1S/C11H14N2O3S/c1-4-8(2)13-17(14,15)9-5-6-10(12)11(7-9)16-3/h1,5-8,13H,12H2,2-3H3. The van der Waals surface area contributed by atoms with E-state index in [1.165, 1.54) is 25.3 Å². The van der Waals surface area contributed by atoms with Crippen LogP contribution in [0.15, 0.2) is 23.1 Å². The van der Waals surface area contributed by atoms with Crippen LogP contribution in [0.25, 0.3) is 0 Å². The summed E-state index contributed by atoms with van der Waals surface area (Å²) < 4.78 is 31.0. The number of anilines is 1. The Labute approximate surface area is 101 Å². The lowest BCUT2D eigenvalue weighted by Crippen LogP contribution is -2.31. The van der Waals surface area contributed by atoms with Crippen molar-refractivity contribution >= 4 is 15.7 Å². The van der Waals surface area contributed by atoms with Crippen molar-refractivity contribution in [1.82, 2.24) is 4.72 Å². The SMILES string of the molecule is C#CC(C)NS(=O)(=O)c1ccc(N)c(OC)c1. The van der Waals surface area contributed by atoms with Gasteiger partial charge in [0.1, 0.15) is 5.75 Å². The molecule has 0 aliphatic rings. The minimum absolute atomic E-state index is 0.0608. The molecule has 0 saturated heterocycles. The number of sulfonamides is 1. The van der Waals surface area contributed by atoms with Crippen molar-refractivity contribution in [1.29, 1.82) is 0 Å². The lowest BCUT2D eigenvalue weighted by atomic mass is 10.3. The molecular weight excluding hydrogens is 240 g/mol. The highest BCUT2D eigenvalue weighted by molar-refractivity contribution is 7.89. The van der Waals surface area contributed by atoms with E-state index in [4.69, 9.17) is 16.9 Å². The molecule has 0 saturated carbocycles. The van der Waals surface area contributed by atoms with Crippen molar-refractivity contribution in [2.45, 2.75) is 17.9 Å². The molecule has 1 aromatic rings. The van der Waals surface area contributed by atoms with Crippen molar-refractivity contribution in [3.63, 3.8) is 0 Å². The summed E-state index contributed by atoms with van der Waals surface area (Å²) in [6.07, 6.45) is 5.12. The smallest absolute Gasteiger partial charge is 0.241 e. The molecule has 0 fully saturated rings. The van der Waals surface area contributed by atoms with E-state index in [1.54, 1.807) is 6.92 Å². The lowest BCUT2D eigenvalue weighted by molar-refractivity contribution is 0.415. The average molecular weight is 254 g/mol. The van der Waals surface area contributed by atoms with Crippen LogP contribution in [0, 0.1) is 12.3 Å². The maximum atomic E-state index is 11.9. The molecular formula is C11H14N2O3S. The van der Waals surface area contributed by atoms with Crippen molar-refractivity contribution in [3.05, 3.63) is 18.2 Å². The third-order valence-corrected chi connectivity index (χ3v) is 3.64. The van der Waals surface area contributed by atoms with Crippen LogP contribution in [0.1, 0.15) is 6.92 Å². The average Bonchev–Trinajstić information content (AvgIpc) is 2.28. The molecule has 1 rings (SSSR count). The second-order valence-electron chi connectivity index (χ2n) is 3.41. The Morgan fingerprint density at radius 1 is 1.53 bits per heavy atom. The number of terminal acetylenes is 1. The van der Waals surface area contributed by atoms with Gasteiger partial charge >= 0.3 is 0 Å². The zero-order valence-corrected chi connectivity index (χ0v) is 10.4. The van der Waals surface area contributed by atoms with Gasteiger partial charge in [0.25, 0.3) is 0 Å². The monoisotopic (exact) mass is 254 g/mol. The second kappa shape index (κ2) is 5.08. The molecule has 0 heterocycles. The number of methoxy groups -OCH3 is 1. The highest BCUT2D eigenvalue weighted by Gasteiger charge is 2.17. The van der Waals surface area contributed by atoms with E-state index in [0.717, 1.165) is 0 Å². The van der Waals surface area contributed by atoms with Crippen LogP contribution in [0.2, 0.25) is 0 Å². The summed E-state index contributed by atoms with van der Waals surface area (Å²) in [7, 11) is -2.23. The van der Waals surface area contributed by atoms with Gasteiger partial charge in [0.15, 0.2) is 0 Å². The minimum Gasteiger partial charge on any atom is -0.495 e. The normalized spacial score (nSPS) is 12.8. The third kappa shape index (κ3) is 3.12. The summed E-state index contributed by atoms with van der Waals surface area (Å²) in [5.41, 5.74) is 5.97. The molecule has 0 bridgehead atoms. The molecule has 1 aromatic carbocycles. The van der Waals surface area contributed by atoms with Crippen LogP contribution in [0.5, 0.6) is 5.75 Å². The predicted octanol–water partition coefficient (Wildman–Crippen LogP) is 0.577. The molecule has 0 aliphatic heterocycles. The first-order chi connectivity index (χ1) is 7.90. The zero-order valence-electron chi connectivity index (χ0n) is 9.60. The Morgan fingerprint density at radius 3 is 2.71 bits per heavy atom. The van der Waals surface area contributed by atoms with Gasteiger partial charge in [-0.15, -0.1) is 6.42 Å². The molecule has 6 heteroatoms. The first-order valence-corrected chi connectivity index (χ1v) is 6.31. The molecule has 92 valence electrons. The molecule has 1 atom stereocenters. The molecule has 3 N–H and O–H groups in total. The van der Waals surface area contributed by atoms with Crippen molar-refractivity contribution in [3.8, 4) is 18.1 Å². The lowest BCUT2D eigenvalue weighted by Gasteiger charge is -2.11. The van der Waals surface area contributed by atoms with E-state index in [-0.39, 0.29) is 4.90 Å². The fraction of sp³-hybridized carbons (Fsp3) is 0.273. The van der Waals surface area contributed by atoms with Crippen LogP contribution in [-0.2, 0) is 10.0 Å². The maximum absolute atomic E-state index is 11.9. The van der Waals surface area contributed by atoms with E-state index in [9.17, 15) is 8.42 Å². The zero-order chi connectivity index (χ0) is 13.1. The van der Waals surface area contributed by atoms with Crippen molar-refractivity contribution < 1.29 is 13.2 Å². The molecule has 0 aromatic heterocycles. The van der Waals surface area contributed by atoms with Gasteiger partial charge in [-0.3, -0.25) is 0 Å². The van der Waals surface area contributed by atoms with Gasteiger partial charge in [-0.1, -0.05) is 5.92 Å². The quantitative estimate of drug-likeness (QED) is 0.608. The van der Waals surface area contributed by atoms with Gasteiger partial charge in [-0.05, 0) is 19.1 Å². The summed E-state index contributed by atoms with van der Waals surface area (Å²) in [6.45, 7) is 1.58. The van der Waals surface area contributed by atoms with Gasteiger partial charge < -0.3 is 10.5 Å². The van der Waals surface area contributed by atoms with Gasteiger partial charge in [0.05, 0.1) is 23.7 Å². The largest absolute Gasteiger partial charge is 0.495 e. The highest BCUT2D eigenvalue weighted by atomic mass is 32.2. The Balaban J connectivity index is 3.12. The maximum Gasteiger partial charge on any atom is 0.241 e. The highest BCUT2D eigenvalue weighted by Crippen LogP contribution is 2.24. The molecule has 0 amide bonds. The molecule has 5 nitrogen and oxygen atoms in total. The van der Waals surface area contributed by atoms with E-state index in [2.05, 4.69) is 10.6 Å². The number of ether oxygens (including phenoxy) is 1. The predicted molar refractivity (Wildman–Crippen MR) is 66.0 cm³/mol. The van der Waals surface area contributed by atoms with Gasteiger partial charge in [0, 0.05) is 6.07 Å². The number of rotatable bonds is 4. The van der Waals surface area contributed by atoms with Crippen molar-refractivity contribution in [2.24, 2.45) is 0 Å². The number of nitrogen functional groups attached to an aromatic ring is 1. The van der Waals surface area contributed by atoms with E-state index in [1.807, 2.05) is 0 Å². The number of hydrogen-bond donors (Lipinski definition) is 2. The third-order valence-electron chi connectivity index (χ3n) is 2.10. The molecule has 0 aliphatic carbocycles. The van der Waals surface area contributed by atoms with Crippen LogP contribution in [0.4, 0.5) is 5.69 Å². The first-order valence-electron chi connectivity index (χ1n) is 4.82. The number of nitrogens with one attached hydrogen (secondary N) is 1. The Kier molecular flexibility index (Phi) is 3.99. The van der Waals surface area contributed by atoms with Crippen molar-refractivity contribution in [2.75, 3.05) is 12.8 Å². The van der Waals surface area contributed by atoms with Crippen LogP contribution in [-0.4, -0.2) is 21.6 Å². The molecule has 0 spiro atoms. The van der Waals surface area contributed by atoms with E-state index < -0.39 is 16.1 Å². The summed E-state index contributed by atoms with van der Waals surface area (Å²) in [5, 5.41) is 0. The summed E-state index contributed by atoms with van der Waals surface area (Å²) in [5.74, 6) is 2.59. The fourth-order valence-corrected chi connectivity index (χ4v) is 2.37. The molecule has 17 heavy (non-hydrogen) atoms. The Morgan fingerprint density at radius 2 is 2.18 bits per heavy atom. The van der Waals surface area contributed by atoms with E-state index in [0.29, 0.717) is 11.4 Å². The number of nitrogens with two attached hydrogens (primary N) is 1. The summed E-state index contributed by atoms with van der Waals surface area (Å²) in [4.78, 5) is 0.0608. The number of benzene rings is 1. The Hall–Kier alpha value is -1.71. The van der Waals surface area contributed by atoms with Crippen LogP contribution < -0.4 is 15.2 Å². The topological polar surface area (TPSA) is 81.4 Å². The summed E-state index contributed by atoms with van der Waals surface area (Å²) >= 11 is 0. The molecule has 0 radical (unpaired) electrons. The summed E-state index contributed by atoms with van der Waals surface area (Å²) in [6, 6.07) is 3.63. The second-order valence-corrected chi connectivity index (χ2v) is 5.13. The molecule has 1 unspecified atom stereocenters. The first kappa shape index (κ1) is 13.4. The van der Waals surface area contributed by atoms with Crippen LogP contribution in [0.3, 0.4) is 0 Å². The fourth-order valence-electron chi connectivity index (χ4n) is 1.19. The van der Waals surface area contributed by atoms with Gasteiger partial charge in [-0.25, -0.2) is 8.42 Å². The van der Waals surface area contributed by atoms with Gasteiger partial charge in [0.2, 0.25) is 10.0 Å². The van der Waals surface area contributed by atoms with Gasteiger partial charge in [-0.2, -0.15) is 4.72 Å². The Bertz CT molecular complexity index is 546. The van der Waals surface area contributed by atoms with E-state index >= 15 is 0 Å². The number of hydrogen-bond acceptors (Lipinski definition) is 4. The minimum atomic E-state index is -3.65.